The van der Waals surface area contributed by atoms with Crippen molar-refractivity contribution in [2.75, 3.05) is 7.11 Å². The van der Waals surface area contributed by atoms with Crippen LogP contribution in [0.1, 0.15) is 31.7 Å². The highest BCUT2D eigenvalue weighted by Gasteiger charge is 2.55. The highest BCUT2D eigenvalue weighted by Crippen LogP contribution is 2.42. The summed E-state index contributed by atoms with van der Waals surface area (Å²) in [6, 6.07) is 9.64. The fourth-order valence-corrected chi connectivity index (χ4v) is 3.69. The molecule has 0 spiro atoms. The summed E-state index contributed by atoms with van der Waals surface area (Å²) in [6.45, 7) is 4.93. The highest BCUT2D eigenvalue weighted by molar-refractivity contribution is 6.32. The third-order valence-electron chi connectivity index (χ3n) is 5.27. The molecule has 0 aliphatic heterocycles. The minimum absolute atomic E-state index is 0.233. The predicted molar refractivity (Wildman–Crippen MR) is 119 cm³/mol. The molecule has 0 bridgehead atoms. The lowest BCUT2D eigenvalue weighted by Crippen LogP contribution is -2.50. The van der Waals surface area contributed by atoms with E-state index in [1.165, 1.54) is 13.3 Å². The Balaban J connectivity index is 2.01. The van der Waals surface area contributed by atoms with Crippen LogP contribution in [0.4, 0.5) is 18.9 Å². The molecule has 1 atom stereocenters. The second kappa shape index (κ2) is 8.67. The molecule has 1 aromatic heterocycles. The van der Waals surface area contributed by atoms with Crippen LogP contribution in [0.15, 0.2) is 47.6 Å². The van der Waals surface area contributed by atoms with E-state index in [4.69, 9.17) is 16.3 Å². The third-order valence-corrected chi connectivity index (χ3v) is 5.59. The number of nitrogens with zero attached hydrogens (tertiary/aromatic N) is 3. The Morgan fingerprint density at radius 3 is 2.56 bits per heavy atom. The molecule has 5 nitrogen and oxygen atoms in total. The molecule has 1 heterocycles. The topological polar surface area (TPSA) is 67.6 Å². The van der Waals surface area contributed by atoms with Gasteiger partial charge in [-0.15, -0.1) is 0 Å². The number of hydrogen-bond acceptors (Lipinski definition) is 5. The standard InChI is InChI=1S/C23H23ClF3N3O2/c1-14-28-11-16-18(6-5-7-19(16)30-14)29-13-22(31,23(25,26)27)12-21(2,3)15-8-9-17(24)20(10-15)32-4/h5-11,13,31H,12H2,1-4H3. The number of aromatic nitrogens is 2. The van der Waals surface area contributed by atoms with Crippen LogP contribution >= 0.6 is 11.6 Å². The van der Waals surface area contributed by atoms with Gasteiger partial charge in [0.2, 0.25) is 0 Å². The van der Waals surface area contributed by atoms with Crippen molar-refractivity contribution < 1.29 is 23.0 Å². The molecule has 32 heavy (non-hydrogen) atoms. The number of rotatable bonds is 6. The number of aliphatic hydroxyl groups is 1. The first-order valence-corrected chi connectivity index (χ1v) is 10.1. The maximum atomic E-state index is 14.0. The van der Waals surface area contributed by atoms with Gasteiger partial charge in [-0.05, 0) is 48.6 Å². The van der Waals surface area contributed by atoms with Gasteiger partial charge in [0.15, 0.2) is 5.60 Å². The Kier molecular flexibility index (Phi) is 6.49. The van der Waals surface area contributed by atoms with Crippen LogP contribution in [0, 0.1) is 6.92 Å². The molecule has 3 aromatic rings. The summed E-state index contributed by atoms with van der Waals surface area (Å²) >= 11 is 6.04. The van der Waals surface area contributed by atoms with E-state index in [2.05, 4.69) is 15.0 Å². The number of halogens is 4. The van der Waals surface area contributed by atoms with E-state index in [-0.39, 0.29) is 5.69 Å². The molecule has 0 saturated carbocycles. The number of benzene rings is 2. The molecule has 1 unspecified atom stereocenters. The van der Waals surface area contributed by atoms with Crippen LogP contribution in [0.2, 0.25) is 5.02 Å². The second-order valence-corrected chi connectivity index (χ2v) is 8.62. The van der Waals surface area contributed by atoms with E-state index < -0.39 is 23.6 Å². The average Bonchev–Trinajstić information content (AvgIpc) is 2.71. The lowest BCUT2D eigenvalue weighted by atomic mass is 9.75. The molecule has 0 saturated heterocycles. The van der Waals surface area contributed by atoms with Crippen molar-refractivity contribution in [1.82, 2.24) is 9.97 Å². The number of hydrogen-bond donors (Lipinski definition) is 1. The van der Waals surface area contributed by atoms with Gasteiger partial charge in [0.05, 0.1) is 23.3 Å². The molecule has 0 aliphatic carbocycles. The maximum absolute atomic E-state index is 14.0. The number of methoxy groups -OCH3 is 1. The molecular formula is C23H23ClF3N3O2. The second-order valence-electron chi connectivity index (χ2n) is 8.22. The zero-order chi connectivity index (χ0) is 23.7. The highest BCUT2D eigenvalue weighted by atomic mass is 35.5. The number of alkyl halides is 3. The van der Waals surface area contributed by atoms with Crippen LogP contribution < -0.4 is 4.74 Å². The molecule has 170 valence electrons. The first-order chi connectivity index (χ1) is 14.9. The van der Waals surface area contributed by atoms with E-state index in [9.17, 15) is 18.3 Å². The Morgan fingerprint density at radius 1 is 1.19 bits per heavy atom. The molecule has 2 aromatic carbocycles. The van der Waals surface area contributed by atoms with Gasteiger partial charge in [0.25, 0.3) is 0 Å². The molecule has 0 radical (unpaired) electrons. The van der Waals surface area contributed by atoms with Crippen molar-refractivity contribution in [2.45, 2.75) is 44.4 Å². The molecule has 3 rings (SSSR count). The first kappa shape index (κ1) is 23.9. The first-order valence-electron chi connectivity index (χ1n) is 9.77. The summed E-state index contributed by atoms with van der Waals surface area (Å²) in [5.74, 6) is 0.873. The maximum Gasteiger partial charge on any atom is 0.422 e. The number of ether oxygens (including phenoxy) is 1. The van der Waals surface area contributed by atoms with Gasteiger partial charge in [0.1, 0.15) is 11.6 Å². The van der Waals surface area contributed by atoms with Gasteiger partial charge in [-0.25, -0.2) is 9.97 Å². The van der Waals surface area contributed by atoms with Crippen molar-refractivity contribution >= 4 is 34.4 Å². The van der Waals surface area contributed by atoms with Crippen LogP contribution in [0.5, 0.6) is 5.75 Å². The molecule has 0 amide bonds. The van der Waals surface area contributed by atoms with Crippen LogP contribution in [-0.4, -0.2) is 40.2 Å². The smallest absolute Gasteiger partial charge is 0.422 e. The molecule has 1 N–H and O–H groups in total. The summed E-state index contributed by atoms with van der Waals surface area (Å²) < 4.78 is 47.2. The summed E-state index contributed by atoms with van der Waals surface area (Å²) in [4.78, 5) is 12.4. The SMILES string of the molecule is COc1cc(C(C)(C)CC(O)(C=Nc2cccc3nc(C)ncc23)C(F)(F)F)ccc1Cl. The number of aryl methyl sites for hydroxylation is 1. The summed E-state index contributed by atoms with van der Waals surface area (Å²) in [6.07, 6.45) is -3.57. The number of fused-ring (bicyclic) bond motifs is 1. The van der Waals surface area contributed by atoms with Gasteiger partial charge >= 0.3 is 6.18 Å². The van der Waals surface area contributed by atoms with Crippen molar-refractivity contribution in [2.24, 2.45) is 4.99 Å². The van der Waals surface area contributed by atoms with E-state index >= 15 is 0 Å². The Bertz CT molecular complexity index is 1160. The van der Waals surface area contributed by atoms with Crippen molar-refractivity contribution in [3.8, 4) is 5.75 Å². The summed E-state index contributed by atoms with van der Waals surface area (Å²) in [5, 5.41) is 11.6. The van der Waals surface area contributed by atoms with E-state index in [0.29, 0.717) is 39.3 Å². The zero-order valence-electron chi connectivity index (χ0n) is 18.0. The average molecular weight is 466 g/mol. The quantitative estimate of drug-likeness (QED) is 0.456. The molecule has 9 heteroatoms. The lowest BCUT2D eigenvalue weighted by molar-refractivity contribution is -0.234. The van der Waals surface area contributed by atoms with Gasteiger partial charge in [-0.3, -0.25) is 4.99 Å². The fourth-order valence-electron chi connectivity index (χ4n) is 3.50. The largest absolute Gasteiger partial charge is 0.495 e. The number of aliphatic imine (C=N–C) groups is 1. The zero-order valence-corrected chi connectivity index (χ0v) is 18.8. The van der Waals surface area contributed by atoms with Gasteiger partial charge < -0.3 is 9.84 Å². The summed E-state index contributed by atoms with van der Waals surface area (Å²) in [5.41, 5.74) is -2.96. The van der Waals surface area contributed by atoms with E-state index in [0.717, 1.165) is 0 Å². The third kappa shape index (κ3) is 4.86. The van der Waals surface area contributed by atoms with Crippen LogP contribution in [0.25, 0.3) is 10.9 Å². The van der Waals surface area contributed by atoms with E-state index in [1.54, 1.807) is 57.2 Å². The Morgan fingerprint density at radius 2 is 1.91 bits per heavy atom. The van der Waals surface area contributed by atoms with Crippen molar-refractivity contribution in [3.05, 3.63) is 59.0 Å². The van der Waals surface area contributed by atoms with Gasteiger partial charge in [-0.2, -0.15) is 13.2 Å². The van der Waals surface area contributed by atoms with Crippen molar-refractivity contribution in [3.63, 3.8) is 0 Å². The predicted octanol–water partition coefficient (Wildman–Crippen LogP) is 5.96. The molecule has 0 fully saturated rings. The van der Waals surface area contributed by atoms with Crippen LogP contribution in [-0.2, 0) is 5.41 Å². The van der Waals surface area contributed by atoms with Crippen LogP contribution in [0.3, 0.4) is 0 Å². The van der Waals surface area contributed by atoms with Gasteiger partial charge in [-0.1, -0.05) is 37.6 Å². The van der Waals surface area contributed by atoms with Gasteiger partial charge in [0, 0.05) is 17.8 Å². The Labute approximate surface area is 188 Å². The minimum Gasteiger partial charge on any atom is -0.495 e. The van der Waals surface area contributed by atoms with E-state index in [1.807, 2.05) is 0 Å². The lowest BCUT2D eigenvalue weighted by Gasteiger charge is -2.35. The van der Waals surface area contributed by atoms with Crippen molar-refractivity contribution in [1.29, 1.82) is 0 Å². The molecule has 0 aliphatic rings. The Hall–Kier alpha value is -2.71. The summed E-state index contributed by atoms with van der Waals surface area (Å²) in [7, 11) is 1.42. The molecular weight excluding hydrogens is 443 g/mol. The monoisotopic (exact) mass is 465 g/mol. The fraction of sp³-hybridized carbons (Fsp3) is 0.348. The normalized spacial score (nSPS) is 14.7. The minimum atomic E-state index is -4.96.